The molecule has 0 aliphatic heterocycles. The molecule has 0 bridgehead atoms. The monoisotopic (exact) mass is 355 g/mol. The summed E-state index contributed by atoms with van der Waals surface area (Å²) in [5, 5.41) is 0. The molecule has 0 atom stereocenters. The Kier molecular flexibility index (Phi) is 4.97. The molecule has 4 rings (SSSR count). The van der Waals surface area contributed by atoms with Crippen molar-refractivity contribution in [3.8, 4) is 5.75 Å². The van der Waals surface area contributed by atoms with Crippen LogP contribution in [0.25, 0.3) is 6.08 Å². The smallest absolute Gasteiger partial charge is 0.119 e. The summed E-state index contributed by atoms with van der Waals surface area (Å²) in [4.78, 5) is 2.36. The number of aryl methyl sites for hydroxylation is 1. The lowest BCUT2D eigenvalue weighted by Gasteiger charge is -2.30. The summed E-state index contributed by atoms with van der Waals surface area (Å²) in [6.45, 7) is 3.87. The third-order valence-electron chi connectivity index (χ3n) is 5.33. The standard InChI is InChI=1S/C25H25NO/c1-3-19-11-13-21(14-12-19)26(22-15-17-23(27-2)18-16-22)25-10-6-8-20-7-4-5-9-24(20)25/h3,6,8,10-18H,1,4-5,7,9H2,2H3. The fourth-order valence-corrected chi connectivity index (χ4v) is 3.89. The molecule has 1 aliphatic carbocycles. The summed E-state index contributed by atoms with van der Waals surface area (Å²) in [5.41, 5.74) is 7.67. The van der Waals surface area contributed by atoms with Crippen LogP contribution in [0.5, 0.6) is 5.75 Å². The van der Waals surface area contributed by atoms with Crippen molar-refractivity contribution in [3.05, 3.63) is 90.0 Å². The maximum Gasteiger partial charge on any atom is 0.119 e. The van der Waals surface area contributed by atoms with Crippen LogP contribution in [-0.4, -0.2) is 7.11 Å². The minimum atomic E-state index is 0.871. The van der Waals surface area contributed by atoms with Crippen molar-refractivity contribution in [2.24, 2.45) is 0 Å². The van der Waals surface area contributed by atoms with Gasteiger partial charge in [-0.2, -0.15) is 0 Å². The van der Waals surface area contributed by atoms with Gasteiger partial charge in [0.1, 0.15) is 5.75 Å². The second-order valence-corrected chi connectivity index (χ2v) is 6.95. The summed E-state index contributed by atoms with van der Waals surface area (Å²) in [6.07, 6.45) is 6.74. The van der Waals surface area contributed by atoms with E-state index in [9.17, 15) is 0 Å². The number of hydrogen-bond donors (Lipinski definition) is 0. The van der Waals surface area contributed by atoms with Crippen molar-refractivity contribution in [2.45, 2.75) is 25.7 Å². The van der Waals surface area contributed by atoms with Crippen LogP contribution in [0, 0.1) is 0 Å². The second-order valence-electron chi connectivity index (χ2n) is 6.95. The molecule has 2 nitrogen and oxygen atoms in total. The highest BCUT2D eigenvalue weighted by Crippen LogP contribution is 2.40. The van der Waals surface area contributed by atoms with Gasteiger partial charge in [-0.3, -0.25) is 0 Å². The predicted octanol–water partition coefficient (Wildman–Crippen LogP) is 6.69. The maximum atomic E-state index is 5.35. The van der Waals surface area contributed by atoms with Crippen LogP contribution in [0.15, 0.2) is 73.3 Å². The lowest BCUT2D eigenvalue weighted by atomic mass is 9.90. The number of hydrogen-bond acceptors (Lipinski definition) is 2. The first-order valence-corrected chi connectivity index (χ1v) is 9.57. The van der Waals surface area contributed by atoms with Gasteiger partial charge >= 0.3 is 0 Å². The molecular formula is C25H25NO. The number of fused-ring (bicyclic) bond motifs is 1. The van der Waals surface area contributed by atoms with Crippen molar-refractivity contribution < 1.29 is 4.74 Å². The largest absolute Gasteiger partial charge is 0.497 e. The number of methoxy groups -OCH3 is 1. The summed E-state index contributed by atoms with van der Waals surface area (Å²) in [6, 6.07) is 23.6. The first kappa shape index (κ1) is 17.4. The van der Waals surface area contributed by atoms with E-state index in [0.717, 1.165) is 29.1 Å². The molecule has 0 heterocycles. The Morgan fingerprint density at radius 3 is 2.19 bits per heavy atom. The summed E-state index contributed by atoms with van der Waals surface area (Å²) < 4.78 is 5.35. The first-order chi connectivity index (χ1) is 13.3. The average molecular weight is 355 g/mol. The highest BCUT2D eigenvalue weighted by molar-refractivity contribution is 5.79. The highest BCUT2D eigenvalue weighted by Gasteiger charge is 2.20. The van der Waals surface area contributed by atoms with Crippen LogP contribution < -0.4 is 9.64 Å². The fraction of sp³-hybridized carbons (Fsp3) is 0.200. The zero-order chi connectivity index (χ0) is 18.6. The zero-order valence-corrected chi connectivity index (χ0v) is 15.8. The van der Waals surface area contributed by atoms with Crippen molar-refractivity contribution in [1.29, 1.82) is 0 Å². The van der Waals surface area contributed by atoms with Crippen LogP contribution >= 0.6 is 0 Å². The van der Waals surface area contributed by atoms with Crippen LogP contribution in [0.3, 0.4) is 0 Å². The molecule has 1 aliphatic rings. The van der Waals surface area contributed by atoms with E-state index >= 15 is 0 Å². The van der Waals surface area contributed by atoms with Crippen molar-refractivity contribution in [1.82, 2.24) is 0 Å². The van der Waals surface area contributed by atoms with E-state index in [1.165, 1.54) is 36.1 Å². The third kappa shape index (κ3) is 3.48. The number of ether oxygens (including phenoxy) is 1. The topological polar surface area (TPSA) is 12.5 Å². The molecular weight excluding hydrogens is 330 g/mol. The molecule has 0 unspecified atom stereocenters. The van der Waals surface area contributed by atoms with E-state index in [-0.39, 0.29) is 0 Å². The van der Waals surface area contributed by atoms with E-state index in [2.05, 4.69) is 66.1 Å². The van der Waals surface area contributed by atoms with Crippen LogP contribution in [0.2, 0.25) is 0 Å². The SMILES string of the molecule is C=Cc1ccc(N(c2ccc(OC)cc2)c2cccc3c2CCCC3)cc1. The van der Waals surface area contributed by atoms with Gasteiger partial charge in [0.15, 0.2) is 0 Å². The van der Waals surface area contributed by atoms with Gasteiger partial charge in [0.2, 0.25) is 0 Å². The Bertz CT molecular complexity index is 926. The van der Waals surface area contributed by atoms with Crippen LogP contribution in [0.4, 0.5) is 17.1 Å². The number of nitrogens with zero attached hydrogens (tertiary/aromatic N) is 1. The molecule has 0 amide bonds. The van der Waals surface area contributed by atoms with Gasteiger partial charge in [-0.25, -0.2) is 0 Å². The highest BCUT2D eigenvalue weighted by atomic mass is 16.5. The fourth-order valence-electron chi connectivity index (χ4n) is 3.89. The molecule has 2 heteroatoms. The molecule has 0 fully saturated rings. The summed E-state index contributed by atoms with van der Waals surface area (Å²) in [7, 11) is 1.70. The Balaban J connectivity index is 1.86. The van der Waals surface area contributed by atoms with E-state index in [0.29, 0.717) is 0 Å². The van der Waals surface area contributed by atoms with Crippen molar-refractivity contribution in [2.75, 3.05) is 12.0 Å². The second kappa shape index (κ2) is 7.71. The molecule has 27 heavy (non-hydrogen) atoms. The van der Waals surface area contributed by atoms with E-state index < -0.39 is 0 Å². The molecule has 0 aromatic heterocycles. The predicted molar refractivity (Wildman–Crippen MR) is 114 cm³/mol. The molecule has 0 spiro atoms. The zero-order valence-electron chi connectivity index (χ0n) is 15.8. The summed E-state index contributed by atoms with van der Waals surface area (Å²) >= 11 is 0. The normalized spacial score (nSPS) is 12.9. The molecule has 3 aromatic rings. The molecule has 0 N–H and O–H groups in total. The lowest BCUT2D eigenvalue weighted by Crippen LogP contribution is -2.15. The Morgan fingerprint density at radius 2 is 1.52 bits per heavy atom. The van der Waals surface area contributed by atoms with Crippen molar-refractivity contribution in [3.63, 3.8) is 0 Å². The van der Waals surface area contributed by atoms with E-state index in [4.69, 9.17) is 4.74 Å². The molecule has 136 valence electrons. The average Bonchev–Trinajstić information content (AvgIpc) is 2.75. The van der Waals surface area contributed by atoms with Gasteiger partial charge in [-0.15, -0.1) is 0 Å². The molecule has 0 saturated heterocycles. The van der Waals surface area contributed by atoms with Crippen LogP contribution in [-0.2, 0) is 12.8 Å². The quantitative estimate of drug-likeness (QED) is 0.506. The van der Waals surface area contributed by atoms with Gasteiger partial charge in [-0.1, -0.05) is 36.9 Å². The van der Waals surface area contributed by atoms with Gasteiger partial charge < -0.3 is 9.64 Å². The van der Waals surface area contributed by atoms with Gasteiger partial charge in [0, 0.05) is 17.1 Å². The first-order valence-electron chi connectivity index (χ1n) is 9.57. The minimum Gasteiger partial charge on any atom is -0.497 e. The Morgan fingerprint density at radius 1 is 0.852 bits per heavy atom. The summed E-state index contributed by atoms with van der Waals surface area (Å²) in [5.74, 6) is 0.871. The van der Waals surface area contributed by atoms with Crippen LogP contribution in [0.1, 0.15) is 29.5 Å². The molecule has 0 saturated carbocycles. The molecule has 0 radical (unpaired) electrons. The van der Waals surface area contributed by atoms with E-state index in [1.54, 1.807) is 7.11 Å². The maximum absolute atomic E-state index is 5.35. The van der Waals surface area contributed by atoms with Gasteiger partial charge in [0.25, 0.3) is 0 Å². The Labute approximate surface area is 161 Å². The molecule has 3 aromatic carbocycles. The minimum absolute atomic E-state index is 0.871. The van der Waals surface area contributed by atoms with Gasteiger partial charge in [0.05, 0.1) is 7.11 Å². The number of anilines is 3. The third-order valence-corrected chi connectivity index (χ3v) is 5.33. The van der Waals surface area contributed by atoms with E-state index in [1.807, 2.05) is 18.2 Å². The number of benzene rings is 3. The van der Waals surface area contributed by atoms with Gasteiger partial charge in [-0.05, 0) is 84.8 Å². The Hall–Kier alpha value is -3.00. The lowest BCUT2D eigenvalue weighted by molar-refractivity contribution is 0.415. The van der Waals surface area contributed by atoms with Crippen molar-refractivity contribution >= 4 is 23.1 Å². The number of rotatable bonds is 5.